The molecule has 4 aliphatic heterocycles. The predicted molar refractivity (Wildman–Crippen MR) is 170 cm³/mol. The molecule has 230 valence electrons. The molecule has 1 spiro atoms. The summed E-state index contributed by atoms with van der Waals surface area (Å²) in [7, 11) is 0. The fourth-order valence-corrected chi connectivity index (χ4v) is 7.73. The minimum atomic E-state index is -1.42. The van der Waals surface area contributed by atoms with E-state index >= 15 is 0 Å². The number of carbonyl (C=O) groups is 3. The van der Waals surface area contributed by atoms with E-state index in [0.717, 1.165) is 11.1 Å². The molecule has 1 N–H and O–H groups in total. The van der Waals surface area contributed by atoms with Crippen molar-refractivity contribution in [3.8, 4) is 0 Å². The number of aliphatic hydroxyl groups excluding tert-OH is 1. The van der Waals surface area contributed by atoms with Crippen molar-refractivity contribution in [1.29, 1.82) is 0 Å². The molecule has 7 rings (SSSR count). The zero-order valence-corrected chi connectivity index (χ0v) is 25.4. The van der Waals surface area contributed by atoms with E-state index < -0.39 is 35.6 Å². The highest BCUT2D eigenvalue weighted by Crippen LogP contribution is 2.54. The molecule has 9 heteroatoms. The molecular formula is C36H34ClN3O5. The van der Waals surface area contributed by atoms with Gasteiger partial charge in [0.05, 0.1) is 41.3 Å². The molecule has 4 heterocycles. The molecule has 4 aliphatic rings. The number of carbonyl (C=O) groups excluding carboxylic acids is 3. The molecule has 3 aromatic carbocycles. The van der Waals surface area contributed by atoms with Gasteiger partial charge in [-0.1, -0.05) is 109 Å². The van der Waals surface area contributed by atoms with E-state index in [4.69, 9.17) is 16.3 Å². The summed E-state index contributed by atoms with van der Waals surface area (Å²) in [5.41, 5.74) is 0.991. The number of aliphatic hydroxyl groups is 1. The van der Waals surface area contributed by atoms with Crippen LogP contribution in [-0.4, -0.2) is 76.1 Å². The van der Waals surface area contributed by atoms with E-state index in [0.29, 0.717) is 30.2 Å². The van der Waals surface area contributed by atoms with Crippen LogP contribution in [0, 0.1) is 11.8 Å². The van der Waals surface area contributed by atoms with Gasteiger partial charge in [0.25, 0.3) is 5.91 Å². The van der Waals surface area contributed by atoms with Crippen molar-refractivity contribution < 1.29 is 24.2 Å². The van der Waals surface area contributed by atoms with Gasteiger partial charge in [0.1, 0.15) is 11.6 Å². The minimum absolute atomic E-state index is 0.193. The standard InChI is InChI=1S/C36H34ClN3O5/c37-27-15-7-8-16-28(27)39-20-10-18-36-31(30-29(45-36)17-9-19-38(33(30)42)22-25-13-5-2-6-14-25)34(43)40(32(36)35(39)44)26(23-41)21-24-11-3-1-4-12-24/h1-18,26,29-32,41H,19-23H2/t26-,29+,30-,31+,32?,36+/m1/s1. The lowest BCUT2D eigenvalue weighted by atomic mass is 9.77. The van der Waals surface area contributed by atoms with Crippen molar-refractivity contribution in [2.24, 2.45) is 11.8 Å². The molecule has 1 unspecified atom stereocenters. The summed E-state index contributed by atoms with van der Waals surface area (Å²) < 4.78 is 6.79. The number of halogens is 1. The number of likely N-dealkylation sites (tertiary alicyclic amines) is 1. The number of anilines is 1. The average molecular weight is 624 g/mol. The maximum absolute atomic E-state index is 14.8. The number of benzene rings is 3. The average Bonchev–Trinajstić information content (AvgIpc) is 3.38. The summed E-state index contributed by atoms with van der Waals surface area (Å²) in [4.78, 5) is 48.7. The molecule has 3 aromatic rings. The lowest BCUT2D eigenvalue weighted by molar-refractivity contribution is -0.147. The monoisotopic (exact) mass is 623 g/mol. The number of ether oxygens (including phenoxy) is 1. The molecule has 8 nitrogen and oxygen atoms in total. The molecule has 0 saturated carbocycles. The first-order valence-electron chi connectivity index (χ1n) is 15.3. The molecular weight excluding hydrogens is 590 g/mol. The van der Waals surface area contributed by atoms with Crippen LogP contribution in [-0.2, 0) is 32.1 Å². The molecule has 6 atom stereocenters. The van der Waals surface area contributed by atoms with Crippen LogP contribution < -0.4 is 4.90 Å². The maximum atomic E-state index is 14.8. The summed E-state index contributed by atoms with van der Waals surface area (Å²) in [6.45, 7) is 0.607. The Bertz CT molecular complexity index is 1660. The molecule has 0 bridgehead atoms. The zero-order chi connectivity index (χ0) is 31.1. The fraction of sp³-hybridized carbons (Fsp3) is 0.306. The number of rotatable bonds is 7. The van der Waals surface area contributed by atoms with Gasteiger partial charge in [-0.25, -0.2) is 0 Å². The van der Waals surface area contributed by atoms with Crippen molar-refractivity contribution in [3.63, 3.8) is 0 Å². The molecule has 2 saturated heterocycles. The molecule has 3 amide bonds. The summed E-state index contributed by atoms with van der Waals surface area (Å²) >= 11 is 6.58. The first kappa shape index (κ1) is 29.5. The van der Waals surface area contributed by atoms with Crippen molar-refractivity contribution in [2.75, 3.05) is 24.6 Å². The van der Waals surface area contributed by atoms with E-state index in [9.17, 15) is 19.5 Å². The lowest BCUT2D eigenvalue weighted by Gasteiger charge is -2.38. The third-order valence-corrected chi connectivity index (χ3v) is 9.78. The highest BCUT2D eigenvalue weighted by Gasteiger charge is 2.72. The van der Waals surface area contributed by atoms with Crippen molar-refractivity contribution >= 4 is 35.0 Å². The first-order chi connectivity index (χ1) is 21.9. The van der Waals surface area contributed by atoms with Gasteiger partial charge in [0, 0.05) is 19.6 Å². The Morgan fingerprint density at radius 2 is 1.53 bits per heavy atom. The third kappa shape index (κ3) is 4.97. The molecule has 45 heavy (non-hydrogen) atoms. The largest absolute Gasteiger partial charge is 0.394 e. The Balaban J connectivity index is 1.32. The quantitative estimate of drug-likeness (QED) is 0.402. The Morgan fingerprint density at radius 1 is 0.844 bits per heavy atom. The maximum Gasteiger partial charge on any atom is 0.253 e. The zero-order valence-electron chi connectivity index (χ0n) is 24.6. The van der Waals surface area contributed by atoms with Gasteiger partial charge >= 0.3 is 0 Å². The fourth-order valence-electron chi connectivity index (χ4n) is 7.49. The topological polar surface area (TPSA) is 90.4 Å². The third-order valence-electron chi connectivity index (χ3n) is 9.46. The van der Waals surface area contributed by atoms with E-state index in [2.05, 4.69) is 0 Å². The second kappa shape index (κ2) is 11.9. The first-order valence-corrected chi connectivity index (χ1v) is 15.7. The number of para-hydroxylation sites is 1. The van der Waals surface area contributed by atoms with Crippen molar-refractivity contribution in [1.82, 2.24) is 9.80 Å². The number of amides is 3. The van der Waals surface area contributed by atoms with Gasteiger partial charge in [-0.05, 0) is 29.7 Å². The summed E-state index contributed by atoms with van der Waals surface area (Å²) in [5.74, 6) is -2.74. The number of hydrogen-bond acceptors (Lipinski definition) is 5. The van der Waals surface area contributed by atoms with Gasteiger partial charge in [0.15, 0.2) is 0 Å². The van der Waals surface area contributed by atoms with Crippen molar-refractivity contribution in [3.05, 3.63) is 125 Å². The molecule has 2 fully saturated rings. The molecule has 0 aromatic heterocycles. The SMILES string of the molecule is O=C1[C@@H]2[C@H](C=CCN1Cc1ccccc1)O[C@]13C=CCN(c4ccccc4Cl)C(=O)C1N([C@@H](CO)Cc1ccccc1)C(=O)[C@H]23. The summed E-state index contributed by atoms with van der Waals surface area (Å²) in [5, 5.41) is 11.2. The van der Waals surface area contributed by atoms with Crippen LogP contribution in [0.3, 0.4) is 0 Å². The number of nitrogens with zero attached hydrogens (tertiary/aromatic N) is 3. The van der Waals surface area contributed by atoms with Crippen molar-refractivity contribution in [2.45, 2.75) is 36.8 Å². The lowest BCUT2D eigenvalue weighted by Crippen LogP contribution is -2.58. The summed E-state index contributed by atoms with van der Waals surface area (Å²) in [6, 6.07) is 24.5. The minimum Gasteiger partial charge on any atom is -0.394 e. The highest BCUT2D eigenvalue weighted by atomic mass is 35.5. The second-order valence-electron chi connectivity index (χ2n) is 12.0. The van der Waals surface area contributed by atoms with Gasteiger partial charge in [-0.2, -0.15) is 0 Å². The van der Waals surface area contributed by atoms with E-state index in [1.807, 2.05) is 85.0 Å². The molecule has 0 aliphatic carbocycles. The summed E-state index contributed by atoms with van der Waals surface area (Å²) in [6.07, 6.45) is 7.04. The van der Waals surface area contributed by atoms with E-state index in [-0.39, 0.29) is 30.9 Å². The Kier molecular flexibility index (Phi) is 7.81. The predicted octanol–water partition coefficient (Wildman–Crippen LogP) is 4.03. The second-order valence-corrected chi connectivity index (χ2v) is 12.5. The van der Waals surface area contributed by atoms with Crippen LogP contribution in [0.1, 0.15) is 11.1 Å². The normalized spacial score (nSPS) is 28.0. The van der Waals surface area contributed by atoms with Gasteiger partial charge < -0.3 is 24.5 Å². The van der Waals surface area contributed by atoms with Gasteiger partial charge in [-0.15, -0.1) is 0 Å². The Labute approximate surface area is 267 Å². The van der Waals surface area contributed by atoms with Crippen LogP contribution in [0.25, 0.3) is 0 Å². The smallest absolute Gasteiger partial charge is 0.253 e. The van der Waals surface area contributed by atoms with Crippen LogP contribution in [0.4, 0.5) is 5.69 Å². The van der Waals surface area contributed by atoms with Gasteiger partial charge in [0.2, 0.25) is 11.8 Å². The molecule has 0 radical (unpaired) electrons. The highest BCUT2D eigenvalue weighted by molar-refractivity contribution is 6.34. The van der Waals surface area contributed by atoms with Crippen LogP contribution >= 0.6 is 11.6 Å². The van der Waals surface area contributed by atoms with Crippen LogP contribution in [0.2, 0.25) is 5.02 Å². The number of fused-ring (bicyclic) bond motifs is 2. The Morgan fingerprint density at radius 3 is 2.24 bits per heavy atom. The van der Waals surface area contributed by atoms with Crippen LogP contribution in [0.5, 0.6) is 0 Å². The van der Waals surface area contributed by atoms with Gasteiger partial charge in [-0.3, -0.25) is 14.4 Å². The van der Waals surface area contributed by atoms with E-state index in [1.54, 1.807) is 34.1 Å². The van der Waals surface area contributed by atoms with E-state index in [1.165, 1.54) is 4.90 Å². The Hall–Kier alpha value is -4.24. The number of hydrogen-bond donors (Lipinski definition) is 1. The van der Waals surface area contributed by atoms with Crippen LogP contribution in [0.15, 0.2) is 109 Å².